The van der Waals surface area contributed by atoms with Crippen molar-refractivity contribution in [1.82, 2.24) is 9.97 Å². The summed E-state index contributed by atoms with van der Waals surface area (Å²) in [6.45, 7) is 1.64. The van der Waals surface area contributed by atoms with Gasteiger partial charge in [0.15, 0.2) is 0 Å². The maximum atomic E-state index is 12.4. The summed E-state index contributed by atoms with van der Waals surface area (Å²) in [5.41, 5.74) is 8.57. The second-order valence-corrected chi connectivity index (χ2v) is 9.79. The van der Waals surface area contributed by atoms with Crippen LogP contribution in [0.1, 0.15) is 18.7 Å². The Kier molecular flexibility index (Phi) is 9.29. The highest BCUT2D eigenvalue weighted by Gasteiger charge is 2.15. The summed E-state index contributed by atoms with van der Waals surface area (Å²) in [6, 6.07) is 20.6. The van der Waals surface area contributed by atoms with Gasteiger partial charge < -0.3 is 30.2 Å². The van der Waals surface area contributed by atoms with Gasteiger partial charge in [0.25, 0.3) is 5.56 Å². The van der Waals surface area contributed by atoms with Crippen LogP contribution in [0.3, 0.4) is 0 Å². The van der Waals surface area contributed by atoms with Crippen molar-refractivity contribution in [2.24, 2.45) is 0 Å². The molecule has 8 nitrogen and oxygen atoms in total. The zero-order valence-corrected chi connectivity index (χ0v) is 21.8. The first-order valence-electron chi connectivity index (χ1n) is 12.1. The molecule has 1 saturated heterocycles. The number of ether oxygens (including phenoxy) is 3. The first-order chi connectivity index (χ1) is 18.0. The summed E-state index contributed by atoms with van der Waals surface area (Å²) >= 11 is 1.84. The van der Waals surface area contributed by atoms with Crippen LogP contribution < -0.4 is 26.1 Å². The van der Waals surface area contributed by atoms with Crippen molar-refractivity contribution in [1.29, 1.82) is 0 Å². The lowest BCUT2D eigenvalue weighted by Gasteiger charge is -2.21. The summed E-state index contributed by atoms with van der Waals surface area (Å²) in [4.78, 5) is 20.0. The number of hydrogen-bond acceptors (Lipinski definition) is 8. The van der Waals surface area contributed by atoms with E-state index in [2.05, 4.69) is 15.3 Å². The zero-order valence-electron chi connectivity index (χ0n) is 21.0. The standard InChI is InChI=1S/C21H23N3O3S.C7H9NO/c1-26-16-4-2-3-14(11-16)22-15-5-6-18-19(12-15)23-20(24-21(18)25)13-28-17-7-9-27-10-8-17;1-9-7-4-2-3-6(8)5-7/h2-6,11-12,17,22H,7-10,13H2,1H3,(H,23,24,25);2-5H,8H2,1H3. The van der Waals surface area contributed by atoms with Crippen LogP contribution in [-0.2, 0) is 10.5 Å². The van der Waals surface area contributed by atoms with Crippen molar-refractivity contribution in [3.63, 3.8) is 0 Å². The molecule has 5 rings (SSSR count). The number of hydrogen-bond donors (Lipinski definition) is 3. The highest BCUT2D eigenvalue weighted by atomic mass is 32.2. The minimum absolute atomic E-state index is 0.0968. The van der Waals surface area contributed by atoms with E-state index in [0.717, 1.165) is 54.6 Å². The highest BCUT2D eigenvalue weighted by Crippen LogP contribution is 2.26. The predicted octanol–water partition coefficient (Wildman–Crippen LogP) is 5.36. The van der Waals surface area contributed by atoms with Crippen molar-refractivity contribution in [3.05, 3.63) is 82.9 Å². The zero-order chi connectivity index (χ0) is 26.0. The topological polar surface area (TPSA) is 111 Å². The van der Waals surface area contributed by atoms with Gasteiger partial charge in [0.05, 0.1) is 30.9 Å². The molecule has 1 fully saturated rings. The molecule has 3 aromatic carbocycles. The monoisotopic (exact) mass is 520 g/mol. The number of fused-ring (bicyclic) bond motifs is 1. The summed E-state index contributed by atoms with van der Waals surface area (Å²) < 4.78 is 15.6. The molecule has 4 N–H and O–H groups in total. The lowest BCUT2D eigenvalue weighted by atomic mass is 10.2. The number of nitrogen functional groups attached to an aromatic ring is 1. The SMILES string of the molecule is COc1cccc(N)c1.COc1cccc(Nc2ccc3c(=O)[nH]c(CSC4CCOCC4)nc3c2)c1. The molecule has 0 bridgehead atoms. The number of rotatable bonds is 7. The minimum Gasteiger partial charge on any atom is -0.497 e. The Balaban J connectivity index is 0.000000301. The van der Waals surface area contributed by atoms with Crippen LogP contribution in [0.4, 0.5) is 17.1 Å². The van der Waals surface area contributed by atoms with Gasteiger partial charge in [0, 0.05) is 47.7 Å². The molecule has 0 spiro atoms. The van der Waals surface area contributed by atoms with E-state index in [1.165, 1.54) is 0 Å². The summed E-state index contributed by atoms with van der Waals surface area (Å²) in [7, 11) is 3.26. The van der Waals surface area contributed by atoms with Gasteiger partial charge in [-0.05, 0) is 55.3 Å². The van der Waals surface area contributed by atoms with Crippen LogP contribution in [0.5, 0.6) is 11.5 Å². The van der Waals surface area contributed by atoms with E-state index in [1.54, 1.807) is 26.4 Å². The third kappa shape index (κ3) is 7.65. The predicted molar refractivity (Wildman–Crippen MR) is 151 cm³/mol. The van der Waals surface area contributed by atoms with Crippen LogP contribution in [-0.4, -0.2) is 42.7 Å². The lowest BCUT2D eigenvalue weighted by molar-refractivity contribution is 0.1000. The van der Waals surface area contributed by atoms with Gasteiger partial charge in [0.1, 0.15) is 17.3 Å². The number of aromatic nitrogens is 2. The van der Waals surface area contributed by atoms with Gasteiger partial charge >= 0.3 is 0 Å². The van der Waals surface area contributed by atoms with Gasteiger partial charge in [-0.25, -0.2) is 4.98 Å². The van der Waals surface area contributed by atoms with Crippen LogP contribution >= 0.6 is 11.8 Å². The van der Waals surface area contributed by atoms with Gasteiger partial charge in [0.2, 0.25) is 0 Å². The molecular formula is C28H32N4O4S. The summed E-state index contributed by atoms with van der Waals surface area (Å²) in [5.74, 6) is 3.00. The Hall–Kier alpha value is -3.69. The van der Waals surface area contributed by atoms with E-state index in [-0.39, 0.29) is 5.56 Å². The molecule has 4 aromatic rings. The molecule has 0 atom stereocenters. The van der Waals surface area contributed by atoms with Crippen molar-refractivity contribution in [3.8, 4) is 11.5 Å². The Morgan fingerprint density at radius 3 is 2.41 bits per heavy atom. The second-order valence-electron chi connectivity index (χ2n) is 8.50. The fourth-order valence-electron chi connectivity index (χ4n) is 3.88. The molecule has 9 heteroatoms. The van der Waals surface area contributed by atoms with Crippen LogP contribution in [0.15, 0.2) is 71.5 Å². The molecule has 1 aliphatic heterocycles. The number of methoxy groups -OCH3 is 2. The molecule has 194 valence electrons. The third-order valence-electron chi connectivity index (χ3n) is 5.83. The van der Waals surface area contributed by atoms with E-state index in [4.69, 9.17) is 19.9 Å². The van der Waals surface area contributed by atoms with Crippen molar-refractivity contribution in [2.45, 2.75) is 23.8 Å². The maximum Gasteiger partial charge on any atom is 0.258 e. The quantitative estimate of drug-likeness (QED) is 0.279. The van der Waals surface area contributed by atoms with E-state index in [9.17, 15) is 4.79 Å². The summed E-state index contributed by atoms with van der Waals surface area (Å²) in [6.07, 6.45) is 2.11. The molecule has 0 aliphatic carbocycles. The number of anilines is 3. The van der Waals surface area contributed by atoms with Crippen LogP contribution in [0.25, 0.3) is 10.9 Å². The fraction of sp³-hybridized carbons (Fsp3) is 0.286. The Morgan fingerprint density at radius 1 is 1.00 bits per heavy atom. The number of benzene rings is 3. The van der Waals surface area contributed by atoms with Crippen LogP contribution in [0, 0.1) is 0 Å². The van der Waals surface area contributed by atoms with Gasteiger partial charge in [-0.15, -0.1) is 0 Å². The van der Waals surface area contributed by atoms with Crippen molar-refractivity contribution in [2.75, 3.05) is 38.5 Å². The molecule has 0 saturated carbocycles. The normalized spacial score (nSPS) is 13.5. The molecular weight excluding hydrogens is 488 g/mol. The van der Waals surface area contributed by atoms with E-state index >= 15 is 0 Å². The number of nitrogens with zero attached hydrogens (tertiary/aromatic N) is 1. The molecule has 0 amide bonds. The van der Waals surface area contributed by atoms with Gasteiger partial charge in [-0.2, -0.15) is 11.8 Å². The number of nitrogens with two attached hydrogens (primary N) is 1. The molecule has 2 heterocycles. The molecule has 37 heavy (non-hydrogen) atoms. The first-order valence-corrected chi connectivity index (χ1v) is 13.1. The Morgan fingerprint density at radius 2 is 1.70 bits per heavy atom. The third-order valence-corrected chi connectivity index (χ3v) is 7.21. The first kappa shape index (κ1) is 26.4. The van der Waals surface area contributed by atoms with Crippen LogP contribution in [0.2, 0.25) is 0 Å². The fourth-order valence-corrected chi connectivity index (χ4v) is 4.94. The lowest BCUT2D eigenvalue weighted by Crippen LogP contribution is -2.18. The summed E-state index contributed by atoms with van der Waals surface area (Å²) in [5, 5.41) is 4.50. The van der Waals surface area contributed by atoms with E-state index < -0.39 is 0 Å². The molecule has 0 radical (unpaired) electrons. The number of thioether (sulfide) groups is 1. The smallest absolute Gasteiger partial charge is 0.258 e. The van der Waals surface area contributed by atoms with Crippen molar-refractivity contribution >= 4 is 39.7 Å². The number of aromatic amines is 1. The van der Waals surface area contributed by atoms with Gasteiger partial charge in [-0.3, -0.25) is 4.79 Å². The number of H-pyrrole nitrogens is 1. The minimum atomic E-state index is -0.0968. The average molecular weight is 521 g/mol. The highest BCUT2D eigenvalue weighted by molar-refractivity contribution is 7.99. The van der Waals surface area contributed by atoms with Gasteiger partial charge in [-0.1, -0.05) is 12.1 Å². The Labute approximate surface area is 220 Å². The largest absolute Gasteiger partial charge is 0.497 e. The molecule has 0 unspecified atom stereocenters. The average Bonchev–Trinajstić information content (AvgIpc) is 2.93. The Bertz CT molecular complexity index is 1370. The van der Waals surface area contributed by atoms with Crippen molar-refractivity contribution < 1.29 is 14.2 Å². The van der Waals surface area contributed by atoms with E-state index in [1.807, 2.05) is 66.4 Å². The maximum absolute atomic E-state index is 12.4. The van der Waals surface area contributed by atoms with E-state index in [0.29, 0.717) is 27.7 Å². The number of nitrogens with one attached hydrogen (secondary N) is 2. The molecule has 1 aromatic heterocycles. The molecule has 1 aliphatic rings. The second kappa shape index (κ2) is 13.0.